The number of amides is 1. The molecular formula is C13H13FN2O3. The van der Waals surface area contributed by atoms with E-state index >= 15 is 0 Å². The lowest BCUT2D eigenvalue weighted by molar-refractivity contribution is -0.144. The number of nitriles is 1. The van der Waals surface area contributed by atoms with Gasteiger partial charge in [0.25, 0.3) is 0 Å². The van der Waals surface area contributed by atoms with Crippen LogP contribution in [0.5, 0.6) is 0 Å². The molecule has 0 aromatic heterocycles. The van der Waals surface area contributed by atoms with E-state index in [2.05, 4.69) is 10.1 Å². The Kier molecular flexibility index (Phi) is 5.48. The smallest absolute Gasteiger partial charge is 0.306 e. The zero-order valence-electron chi connectivity index (χ0n) is 10.4. The molecule has 0 heterocycles. The van der Waals surface area contributed by atoms with E-state index in [1.54, 1.807) is 13.0 Å². The average Bonchev–Trinajstić information content (AvgIpc) is 2.37. The van der Waals surface area contributed by atoms with Crippen LogP contribution in [0, 0.1) is 17.1 Å². The fraction of sp³-hybridized carbons (Fsp3) is 0.308. The fourth-order valence-electron chi connectivity index (χ4n) is 1.40. The number of carbonyl (C=O) groups is 2. The number of esters is 1. The normalized spacial score (nSPS) is 9.53. The molecule has 0 saturated heterocycles. The third kappa shape index (κ3) is 4.39. The number of hydrogen-bond donors (Lipinski definition) is 1. The molecule has 5 nitrogen and oxygen atoms in total. The van der Waals surface area contributed by atoms with Crippen LogP contribution in [-0.4, -0.2) is 18.5 Å². The average molecular weight is 264 g/mol. The van der Waals surface area contributed by atoms with Gasteiger partial charge in [0.15, 0.2) is 0 Å². The summed E-state index contributed by atoms with van der Waals surface area (Å²) in [6, 6.07) is 5.61. The molecule has 0 saturated carbocycles. The van der Waals surface area contributed by atoms with Gasteiger partial charge in [-0.1, -0.05) is 6.07 Å². The first-order valence-corrected chi connectivity index (χ1v) is 5.72. The third-order valence-electron chi connectivity index (χ3n) is 2.26. The van der Waals surface area contributed by atoms with E-state index in [4.69, 9.17) is 5.26 Å². The number of ether oxygens (including phenoxy) is 1. The lowest BCUT2D eigenvalue weighted by atomic mass is 10.1. The van der Waals surface area contributed by atoms with Gasteiger partial charge in [0.1, 0.15) is 17.4 Å². The Bertz CT molecular complexity index is 523. The van der Waals surface area contributed by atoms with Crippen LogP contribution < -0.4 is 5.32 Å². The van der Waals surface area contributed by atoms with Gasteiger partial charge in [-0.2, -0.15) is 5.26 Å². The molecule has 1 amide bonds. The summed E-state index contributed by atoms with van der Waals surface area (Å²) in [6.07, 6.45) is -0.142. The Balaban J connectivity index is 2.61. The van der Waals surface area contributed by atoms with E-state index in [0.717, 1.165) is 6.07 Å². The lowest BCUT2D eigenvalue weighted by Crippen LogP contribution is -2.15. The summed E-state index contributed by atoms with van der Waals surface area (Å²) < 4.78 is 17.9. The van der Waals surface area contributed by atoms with Crippen LogP contribution in [0.2, 0.25) is 0 Å². The number of hydrogen-bond acceptors (Lipinski definition) is 4. The van der Waals surface area contributed by atoms with Crippen molar-refractivity contribution in [3.05, 3.63) is 29.6 Å². The van der Waals surface area contributed by atoms with Crippen molar-refractivity contribution >= 4 is 17.6 Å². The summed E-state index contributed by atoms with van der Waals surface area (Å²) in [5.41, 5.74) is -0.136. The maximum atomic E-state index is 13.3. The molecule has 0 atom stereocenters. The number of carbonyl (C=O) groups excluding carboxylic acids is 2. The molecule has 0 bridgehead atoms. The number of nitrogens with one attached hydrogen (secondary N) is 1. The topological polar surface area (TPSA) is 79.2 Å². The molecule has 100 valence electrons. The summed E-state index contributed by atoms with van der Waals surface area (Å²) >= 11 is 0. The van der Waals surface area contributed by atoms with Crippen LogP contribution in [0.25, 0.3) is 0 Å². The zero-order valence-corrected chi connectivity index (χ0v) is 10.4. The molecular weight excluding hydrogens is 251 g/mol. The van der Waals surface area contributed by atoms with Gasteiger partial charge in [0.2, 0.25) is 5.91 Å². The van der Waals surface area contributed by atoms with Crippen LogP contribution in [0.3, 0.4) is 0 Å². The lowest BCUT2D eigenvalue weighted by Gasteiger charge is -2.07. The van der Waals surface area contributed by atoms with E-state index in [1.165, 1.54) is 12.1 Å². The van der Waals surface area contributed by atoms with Crippen LogP contribution >= 0.6 is 0 Å². The molecule has 19 heavy (non-hydrogen) atoms. The Morgan fingerprint density at radius 2 is 2.16 bits per heavy atom. The van der Waals surface area contributed by atoms with Crippen molar-refractivity contribution in [3.63, 3.8) is 0 Å². The molecule has 0 aliphatic heterocycles. The highest BCUT2D eigenvalue weighted by Gasteiger charge is 2.12. The minimum absolute atomic E-state index is 0.0587. The van der Waals surface area contributed by atoms with Crippen molar-refractivity contribution in [2.75, 3.05) is 11.9 Å². The minimum atomic E-state index is -0.703. The van der Waals surface area contributed by atoms with Gasteiger partial charge >= 0.3 is 5.97 Å². The second-order valence-electron chi connectivity index (χ2n) is 3.63. The van der Waals surface area contributed by atoms with Crippen molar-refractivity contribution in [1.29, 1.82) is 5.26 Å². The second-order valence-corrected chi connectivity index (χ2v) is 3.63. The minimum Gasteiger partial charge on any atom is -0.466 e. The quantitative estimate of drug-likeness (QED) is 0.825. The number of nitrogens with zero attached hydrogens (tertiary/aromatic N) is 1. The van der Waals surface area contributed by atoms with Gasteiger partial charge in [-0.3, -0.25) is 9.59 Å². The first-order chi connectivity index (χ1) is 9.08. The first-order valence-electron chi connectivity index (χ1n) is 5.72. The van der Waals surface area contributed by atoms with Gasteiger partial charge in [0, 0.05) is 6.42 Å². The molecule has 1 N–H and O–H groups in total. The molecule has 0 unspecified atom stereocenters. The molecule has 1 aromatic carbocycles. The van der Waals surface area contributed by atoms with Crippen molar-refractivity contribution in [2.45, 2.75) is 19.8 Å². The number of anilines is 1. The molecule has 6 heteroatoms. The van der Waals surface area contributed by atoms with E-state index in [9.17, 15) is 14.0 Å². The van der Waals surface area contributed by atoms with Crippen molar-refractivity contribution in [3.8, 4) is 6.07 Å². The predicted octanol–water partition coefficient (Wildman–Crippen LogP) is 1.98. The number of halogens is 1. The fourth-order valence-corrected chi connectivity index (χ4v) is 1.40. The van der Waals surface area contributed by atoms with Gasteiger partial charge < -0.3 is 10.1 Å². The van der Waals surface area contributed by atoms with Crippen LogP contribution in [0.4, 0.5) is 10.1 Å². The molecule has 0 fully saturated rings. The summed E-state index contributed by atoms with van der Waals surface area (Å²) in [5, 5.41) is 11.2. The summed E-state index contributed by atoms with van der Waals surface area (Å²) in [4.78, 5) is 22.6. The summed E-state index contributed by atoms with van der Waals surface area (Å²) in [5.74, 6) is -1.65. The van der Waals surface area contributed by atoms with E-state index in [-0.39, 0.29) is 30.7 Å². The van der Waals surface area contributed by atoms with Crippen molar-refractivity contribution < 1.29 is 18.7 Å². The van der Waals surface area contributed by atoms with E-state index in [1.807, 2.05) is 0 Å². The molecule has 1 aromatic rings. The standard InChI is InChI=1S/C13H13FN2O3/c1-2-19-13(18)7-6-12(17)16-11-5-3-4-10(14)9(11)8-15/h3-5H,2,6-7H2,1H3,(H,16,17). The van der Waals surface area contributed by atoms with Gasteiger partial charge in [-0.25, -0.2) is 4.39 Å². The van der Waals surface area contributed by atoms with E-state index in [0.29, 0.717) is 0 Å². The Morgan fingerprint density at radius 1 is 1.42 bits per heavy atom. The Labute approximate surface area is 110 Å². The molecule has 0 radical (unpaired) electrons. The van der Waals surface area contributed by atoms with Gasteiger partial charge in [-0.05, 0) is 19.1 Å². The van der Waals surface area contributed by atoms with Crippen molar-refractivity contribution in [2.24, 2.45) is 0 Å². The maximum absolute atomic E-state index is 13.3. The predicted molar refractivity (Wildman–Crippen MR) is 65.6 cm³/mol. The Hall–Kier alpha value is -2.42. The van der Waals surface area contributed by atoms with Crippen LogP contribution in [-0.2, 0) is 14.3 Å². The SMILES string of the molecule is CCOC(=O)CCC(=O)Nc1cccc(F)c1C#N. The third-order valence-corrected chi connectivity index (χ3v) is 2.26. The van der Waals surface area contributed by atoms with Gasteiger partial charge in [0.05, 0.1) is 18.7 Å². The van der Waals surface area contributed by atoms with E-state index < -0.39 is 17.7 Å². The Morgan fingerprint density at radius 3 is 2.79 bits per heavy atom. The van der Waals surface area contributed by atoms with Crippen LogP contribution in [0.1, 0.15) is 25.3 Å². The largest absolute Gasteiger partial charge is 0.466 e. The molecule has 0 spiro atoms. The monoisotopic (exact) mass is 264 g/mol. The number of benzene rings is 1. The second kappa shape index (κ2) is 7.11. The molecule has 1 rings (SSSR count). The van der Waals surface area contributed by atoms with Crippen molar-refractivity contribution in [1.82, 2.24) is 0 Å². The summed E-state index contributed by atoms with van der Waals surface area (Å²) in [7, 11) is 0. The maximum Gasteiger partial charge on any atom is 0.306 e. The molecule has 0 aliphatic carbocycles. The zero-order chi connectivity index (χ0) is 14.3. The first kappa shape index (κ1) is 14.6. The highest BCUT2D eigenvalue weighted by atomic mass is 19.1. The number of rotatable bonds is 5. The summed E-state index contributed by atoms with van der Waals surface area (Å²) in [6.45, 7) is 1.92. The highest BCUT2D eigenvalue weighted by molar-refractivity contribution is 5.93. The van der Waals surface area contributed by atoms with Crippen LogP contribution in [0.15, 0.2) is 18.2 Å². The van der Waals surface area contributed by atoms with Gasteiger partial charge in [-0.15, -0.1) is 0 Å². The highest BCUT2D eigenvalue weighted by Crippen LogP contribution is 2.18. The molecule has 0 aliphatic rings.